The highest BCUT2D eigenvalue weighted by molar-refractivity contribution is 5.79. The van der Waals surface area contributed by atoms with Crippen molar-refractivity contribution in [3.8, 4) is 11.8 Å². The lowest BCUT2D eigenvalue weighted by Gasteiger charge is -2.02. The number of aryl methyl sites for hydroxylation is 1. The van der Waals surface area contributed by atoms with Gasteiger partial charge in [-0.25, -0.2) is 0 Å². The molecule has 0 saturated carbocycles. The summed E-state index contributed by atoms with van der Waals surface area (Å²) in [7, 11) is 0. The fraction of sp³-hybridized carbons (Fsp3) is 0.133. The third-order valence-corrected chi connectivity index (χ3v) is 3.03. The maximum absolute atomic E-state index is 5.73. The normalized spacial score (nSPS) is 10.8. The first-order valence-corrected chi connectivity index (χ1v) is 6.26. The third kappa shape index (κ3) is 2.38. The molecule has 0 aliphatic carbocycles. The number of anilines is 1. The van der Waals surface area contributed by atoms with Gasteiger partial charge in [0.25, 0.3) is 6.01 Å². The van der Waals surface area contributed by atoms with E-state index in [9.17, 15) is 0 Å². The zero-order valence-electron chi connectivity index (χ0n) is 10.7. The van der Waals surface area contributed by atoms with Crippen molar-refractivity contribution in [2.75, 3.05) is 5.73 Å². The van der Waals surface area contributed by atoms with Crippen LogP contribution in [0.25, 0.3) is 11.0 Å². The van der Waals surface area contributed by atoms with Crippen LogP contribution >= 0.6 is 0 Å². The van der Waals surface area contributed by atoms with E-state index < -0.39 is 0 Å². The number of fused-ring (bicyclic) bond motifs is 1. The average molecular weight is 253 g/mol. The number of imidazole rings is 1. The molecule has 0 bridgehead atoms. The maximum Gasteiger partial charge on any atom is 0.300 e. The molecule has 0 saturated heterocycles. The minimum absolute atomic E-state index is 0.477. The lowest BCUT2D eigenvalue weighted by atomic mass is 10.2. The molecular formula is C15H15N3O. The Balaban J connectivity index is 1.87. The average Bonchev–Trinajstić information content (AvgIpc) is 2.81. The topological polar surface area (TPSA) is 63.9 Å². The number of aromatic nitrogens is 2. The molecule has 4 nitrogen and oxygen atoms in total. The lowest BCUT2D eigenvalue weighted by molar-refractivity contribution is 0.449. The van der Waals surface area contributed by atoms with Gasteiger partial charge in [-0.15, -0.1) is 0 Å². The smallest absolute Gasteiger partial charge is 0.300 e. The zero-order chi connectivity index (χ0) is 13.2. The second-order valence-corrected chi connectivity index (χ2v) is 4.42. The summed E-state index contributed by atoms with van der Waals surface area (Å²) in [6, 6.07) is 14.0. The van der Waals surface area contributed by atoms with E-state index >= 15 is 0 Å². The Bertz CT molecular complexity index is 701. The van der Waals surface area contributed by atoms with Crippen LogP contribution < -0.4 is 10.5 Å². The molecule has 3 aromatic rings. The van der Waals surface area contributed by atoms with Crippen LogP contribution in [0.5, 0.6) is 11.8 Å². The van der Waals surface area contributed by atoms with E-state index in [0.29, 0.717) is 11.7 Å². The van der Waals surface area contributed by atoms with Crippen LogP contribution in [-0.2, 0) is 6.42 Å². The first-order chi connectivity index (χ1) is 9.24. The van der Waals surface area contributed by atoms with Crippen molar-refractivity contribution in [1.82, 2.24) is 9.97 Å². The van der Waals surface area contributed by atoms with Crippen LogP contribution in [0.15, 0.2) is 42.5 Å². The summed E-state index contributed by atoms with van der Waals surface area (Å²) in [5.74, 6) is 0.768. The summed E-state index contributed by atoms with van der Waals surface area (Å²) >= 11 is 0. The van der Waals surface area contributed by atoms with E-state index in [1.54, 1.807) is 0 Å². The summed E-state index contributed by atoms with van der Waals surface area (Å²) in [4.78, 5) is 7.46. The Morgan fingerprint density at radius 3 is 2.68 bits per heavy atom. The largest absolute Gasteiger partial charge is 0.426 e. The predicted octanol–water partition coefficient (Wildman–Crippen LogP) is 3.50. The van der Waals surface area contributed by atoms with Crippen LogP contribution in [0.4, 0.5) is 5.69 Å². The van der Waals surface area contributed by atoms with Gasteiger partial charge in [-0.1, -0.05) is 19.1 Å². The van der Waals surface area contributed by atoms with E-state index in [1.807, 2.05) is 30.3 Å². The van der Waals surface area contributed by atoms with Gasteiger partial charge in [-0.3, -0.25) is 0 Å². The number of ether oxygens (including phenoxy) is 1. The number of nitrogens with zero attached hydrogens (tertiary/aromatic N) is 1. The second kappa shape index (κ2) is 4.65. The minimum atomic E-state index is 0.477. The number of hydrogen-bond acceptors (Lipinski definition) is 3. The van der Waals surface area contributed by atoms with Crippen molar-refractivity contribution >= 4 is 16.7 Å². The molecule has 0 spiro atoms. The highest BCUT2D eigenvalue weighted by Gasteiger charge is 2.05. The summed E-state index contributed by atoms with van der Waals surface area (Å²) in [6.07, 6.45) is 1.02. The number of rotatable bonds is 3. The fourth-order valence-electron chi connectivity index (χ4n) is 1.96. The SMILES string of the molecule is CCc1ccc(Oc2nc3ccc(N)cc3[nH]2)cc1. The number of aromatic amines is 1. The molecule has 19 heavy (non-hydrogen) atoms. The Morgan fingerprint density at radius 1 is 1.16 bits per heavy atom. The van der Waals surface area contributed by atoms with E-state index in [0.717, 1.165) is 23.2 Å². The van der Waals surface area contributed by atoms with Gasteiger partial charge in [0.05, 0.1) is 11.0 Å². The molecule has 0 radical (unpaired) electrons. The Labute approximate surface area is 111 Å². The molecule has 1 aromatic heterocycles. The van der Waals surface area contributed by atoms with Crippen molar-refractivity contribution in [2.24, 2.45) is 0 Å². The quantitative estimate of drug-likeness (QED) is 0.702. The summed E-state index contributed by atoms with van der Waals surface area (Å²) < 4.78 is 5.70. The van der Waals surface area contributed by atoms with Crippen molar-refractivity contribution in [3.63, 3.8) is 0 Å². The molecule has 4 heteroatoms. The maximum atomic E-state index is 5.73. The van der Waals surface area contributed by atoms with Gasteiger partial charge in [-0.2, -0.15) is 4.98 Å². The second-order valence-electron chi connectivity index (χ2n) is 4.42. The van der Waals surface area contributed by atoms with E-state index in [2.05, 4.69) is 29.0 Å². The highest BCUT2D eigenvalue weighted by Crippen LogP contribution is 2.23. The van der Waals surface area contributed by atoms with E-state index in [-0.39, 0.29) is 0 Å². The van der Waals surface area contributed by atoms with Gasteiger partial charge >= 0.3 is 0 Å². The van der Waals surface area contributed by atoms with Crippen LogP contribution in [0.2, 0.25) is 0 Å². The van der Waals surface area contributed by atoms with Crippen molar-refractivity contribution < 1.29 is 4.74 Å². The molecule has 3 N–H and O–H groups in total. The van der Waals surface area contributed by atoms with Gasteiger partial charge in [0.2, 0.25) is 0 Å². The minimum Gasteiger partial charge on any atom is -0.426 e. The number of nitrogen functional groups attached to an aromatic ring is 1. The summed E-state index contributed by atoms with van der Waals surface area (Å²) in [5.41, 5.74) is 9.43. The molecule has 0 unspecified atom stereocenters. The van der Waals surface area contributed by atoms with Gasteiger partial charge < -0.3 is 15.5 Å². The van der Waals surface area contributed by atoms with E-state index in [4.69, 9.17) is 10.5 Å². The monoisotopic (exact) mass is 253 g/mol. The molecule has 2 aromatic carbocycles. The molecule has 3 rings (SSSR count). The van der Waals surface area contributed by atoms with Gasteiger partial charge in [0, 0.05) is 5.69 Å². The van der Waals surface area contributed by atoms with E-state index in [1.165, 1.54) is 5.56 Å². The first-order valence-electron chi connectivity index (χ1n) is 6.26. The standard InChI is InChI=1S/C15H15N3O/c1-2-10-3-6-12(7-4-10)19-15-17-13-8-5-11(16)9-14(13)18-15/h3-9H,2,16H2,1H3,(H,17,18). The van der Waals surface area contributed by atoms with Crippen LogP contribution in [0, 0.1) is 0 Å². The molecular weight excluding hydrogens is 238 g/mol. The van der Waals surface area contributed by atoms with Crippen molar-refractivity contribution in [1.29, 1.82) is 0 Å². The van der Waals surface area contributed by atoms with Crippen molar-refractivity contribution in [2.45, 2.75) is 13.3 Å². The third-order valence-electron chi connectivity index (χ3n) is 3.03. The predicted molar refractivity (Wildman–Crippen MR) is 76.4 cm³/mol. The molecule has 0 atom stereocenters. The molecule has 0 aliphatic rings. The van der Waals surface area contributed by atoms with Gasteiger partial charge in [0.1, 0.15) is 5.75 Å². The molecule has 0 amide bonds. The zero-order valence-corrected chi connectivity index (χ0v) is 10.7. The van der Waals surface area contributed by atoms with Crippen LogP contribution in [0.1, 0.15) is 12.5 Å². The van der Waals surface area contributed by atoms with Crippen LogP contribution in [0.3, 0.4) is 0 Å². The molecule has 1 heterocycles. The Hall–Kier alpha value is -2.49. The van der Waals surface area contributed by atoms with Crippen LogP contribution in [-0.4, -0.2) is 9.97 Å². The highest BCUT2D eigenvalue weighted by atomic mass is 16.5. The van der Waals surface area contributed by atoms with Gasteiger partial charge in [-0.05, 0) is 42.3 Å². The lowest BCUT2D eigenvalue weighted by Crippen LogP contribution is -1.86. The Morgan fingerprint density at radius 2 is 1.95 bits per heavy atom. The summed E-state index contributed by atoms with van der Waals surface area (Å²) in [6.45, 7) is 2.12. The van der Waals surface area contributed by atoms with Gasteiger partial charge in [0.15, 0.2) is 0 Å². The molecule has 0 fully saturated rings. The summed E-state index contributed by atoms with van der Waals surface area (Å²) in [5, 5.41) is 0. The fourth-order valence-corrected chi connectivity index (χ4v) is 1.96. The molecule has 0 aliphatic heterocycles. The number of H-pyrrole nitrogens is 1. The Kier molecular flexibility index (Phi) is 2.83. The van der Waals surface area contributed by atoms with Crippen molar-refractivity contribution in [3.05, 3.63) is 48.0 Å². The number of nitrogens with one attached hydrogen (secondary N) is 1. The first kappa shape index (κ1) is 11.6. The number of hydrogen-bond donors (Lipinski definition) is 2. The number of nitrogens with two attached hydrogens (primary N) is 1. The number of benzene rings is 2. The molecule has 96 valence electrons.